The Balaban J connectivity index is 1.68. The highest BCUT2D eigenvalue weighted by Crippen LogP contribution is 2.36. The van der Waals surface area contributed by atoms with Crippen molar-refractivity contribution in [1.82, 2.24) is 9.47 Å². The largest absolute Gasteiger partial charge is 0.481 e. The molecule has 0 aromatic carbocycles. The smallest absolute Gasteiger partial charge is 0.303 e. The zero-order valence-corrected chi connectivity index (χ0v) is 24.8. The summed E-state index contributed by atoms with van der Waals surface area (Å²) in [5.74, 6) is -0.0267. The van der Waals surface area contributed by atoms with Crippen molar-refractivity contribution in [2.24, 2.45) is 0 Å². The Kier molecular flexibility index (Phi) is 12.1. The van der Waals surface area contributed by atoms with Crippen LogP contribution in [0.2, 0.25) is 0 Å². The molecule has 212 valence electrons. The minimum Gasteiger partial charge on any atom is -0.481 e. The SMILES string of the molecule is CCCn1c(N2CCCC2)c(/C=C2/SC(=S)N(CCCCCCCCCCC(=O)O)C2=O)c(C)c(C#N)c1=O. The topological polar surface area (TPSA) is 107 Å². The number of thioether (sulfide) groups is 1. The summed E-state index contributed by atoms with van der Waals surface area (Å²) < 4.78 is 2.27. The van der Waals surface area contributed by atoms with Gasteiger partial charge in [-0.25, -0.2) is 0 Å². The normalized spacial score (nSPS) is 16.5. The number of carbonyl (C=O) groups excluding carboxylic acids is 1. The molecule has 0 unspecified atom stereocenters. The van der Waals surface area contributed by atoms with E-state index >= 15 is 0 Å². The van der Waals surface area contributed by atoms with Crippen LogP contribution in [-0.2, 0) is 16.1 Å². The number of unbranched alkanes of at least 4 members (excludes halogenated alkanes) is 7. The number of nitrogens with zero attached hydrogens (tertiary/aromatic N) is 4. The van der Waals surface area contributed by atoms with Gasteiger partial charge in [-0.1, -0.05) is 69.4 Å². The van der Waals surface area contributed by atoms with Gasteiger partial charge in [0.05, 0.1) is 4.91 Å². The van der Waals surface area contributed by atoms with Crippen LogP contribution in [0.25, 0.3) is 6.08 Å². The van der Waals surface area contributed by atoms with Crippen LogP contribution in [0.3, 0.4) is 0 Å². The van der Waals surface area contributed by atoms with Gasteiger partial charge < -0.3 is 10.0 Å². The van der Waals surface area contributed by atoms with Crippen LogP contribution in [0.15, 0.2) is 9.70 Å². The van der Waals surface area contributed by atoms with Crippen molar-refractivity contribution >= 4 is 52.1 Å². The van der Waals surface area contributed by atoms with E-state index in [4.69, 9.17) is 17.3 Å². The molecule has 0 radical (unpaired) electrons. The number of rotatable bonds is 15. The van der Waals surface area contributed by atoms with Crippen LogP contribution in [0.4, 0.5) is 5.82 Å². The van der Waals surface area contributed by atoms with Gasteiger partial charge in [0.25, 0.3) is 11.5 Å². The van der Waals surface area contributed by atoms with Crippen LogP contribution < -0.4 is 10.5 Å². The van der Waals surface area contributed by atoms with E-state index in [-0.39, 0.29) is 23.5 Å². The average molecular weight is 573 g/mol. The lowest BCUT2D eigenvalue weighted by Crippen LogP contribution is -2.33. The molecule has 0 bridgehead atoms. The van der Waals surface area contributed by atoms with Gasteiger partial charge in [-0.05, 0) is 50.7 Å². The third-order valence-corrected chi connectivity index (χ3v) is 8.75. The molecule has 0 spiro atoms. The highest BCUT2D eigenvalue weighted by atomic mass is 32.2. The number of hydrogen-bond acceptors (Lipinski definition) is 7. The summed E-state index contributed by atoms with van der Waals surface area (Å²) in [5.41, 5.74) is 1.26. The van der Waals surface area contributed by atoms with Gasteiger partial charge in [-0.3, -0.25) is 23.9 Å². The van der Waals surface area contributed by atoms with Crippen molar-refractivity contribution in [3.05, 3.63) is 31.9 Å². The lowest BCUT2D eigenvalue weighted by molar-refractivity contribution is -0.137. The Morgan fingerprint density at radius 2 is 1.67 bits per heavy atom. The zero-order chi connectivity index (χ0) is 28.4. The van der Waals surface area contributed by atoms with Gasteiger partial charge in [0, 0.05) is 38.2 Å². The first-order valence-electron chi connectivity index (χ1n) is 14.2. The molecule has 3 heterocycles. The molecule has 1 N–H and O–H groups in total. The van der Waals surface area contributed by atoms with Gasteiger partial charge in [-0.2, -0.15) is 5.26 Å². The second-order valence-corrected chi connectivity index (χ2v) is 12.0. The van der Waals surface area contributed by atoms with Crippen molar-refractivity contribution in [1.29, 1.82) is 5.26 Å². The second kappa shape index (κ2) is 15.2. The minimum absolute atomic E-state index is 0.109. The average Bonchev–Trinajstić information content (AvgIpc) is 3.52. The fourth-order valence-corrected chi connectivity index (χ4v) is 6.57. The number of carbonyl (C=O) groups is 2. The Bertz CT molecular complexity index is 1200. The number of aliphatic carboxylic acids is 1. The molecule has 2 saturated heterocycles. The van der Waals surface area contributed by atoms with Crippen molar-refractivity contribution < 1.29 is 14.7 Å². The van der Waals surface area contributed by atoms with Crippen molar-refractivity contribution in [2.75, 3.05) is 24.5 Å². The molecular weight excluding hydrogens is 532 g/mol. The number of hydrogen-bond donors (Lipinski definition) is 1. The molecular formula is C29H40N4O4S2. The Morgan fingerprint density at radius 1 is 1.05 bits per heavy atom. The first-order chi connectivity index (χ1) is 18.8. The minimum atomic E-state index is -0.727. The van der Waals surface area contributed by atoms with Crippen molar-refractivity contribution in [2.45, 2.75) is 97.4 Å². The molecule has 0 aliphatic carbocycles. The third-order valence-electron chi connectivity index (χ3n) is 7.37. The van der Waals surface area contributed by atoms with E-state index in [1.54, 1.807) is 16.4 Å². The van der Waals surface area contributed by atoms with Crippen molar-refractivity contribution in [3.63, 3.8) is 0 Å². The van der Waals surface area contributed by atoms with Gasteiger partial charge in [0.2, 0.25) is 0 Å². The molecule has 1 aromatic rings. The Morgan fingerprint density at radius 3 is 2.26 bits per heavy atom. The van der Waals surface area contributed by atoms with Crippen LogP contribution >= 0.6 is 24.0 Å². The van der Waals surface area contributed by atoms with E-state index in [1.807, 2.05) is 13.0 Å². The first kappa shape index (κ1) is 30.9. The molecule has 3 rings (SSSR count). The predicted octanol–water partition coefficient (Wildman–Crippen LogP) is 5.84. The number of anilines is 1. The standard InChI is InChI=1S/C29H40N4O4S2/c1-3-15-32-26(31-16-12-13-17-31)22(21(2)23(20-30)27(32)36)19-24-28(37)33(29(38)39-24)18-11-9-7-5-4-6-8-10-14-25(34)35/h19H,3-18H2,1-2H3,(H,34,35)/b24-19+. The summed E-state index contributed by atoms with van der Waals surface area (Å²) in [5, 5.41) is 18.5. The van der Waals surface area contributed by atoms with E-state index in [0.717, 1.165) is 95.1 Å². The maximum atomic E-state index is 13.4. The summed E-state index contributed by atoms with van der Waals surface area (Å²) >= 11 is 6.86. The summed E-state index contributed by atoms with van der Waals surface area (Å²) in [6, 6.07) is 2.10. The van der Waals surface area contributed by atoms with Gasteiger partial charge >= 0.3 is 5.97 Å². The number of carboxylic acids is 1. The first-order valence-corrected chi connectivity index (χ1v) is 15.4. The van der Waals surface area contributed by atoms with Crippen LogP contribution in [0.5, 0.6) is 0 Å². The zero-order valence-electron chi connectivity index (χ0n) is 23.2. The molecule has 0 saturated carbocycles. The monoisotopic (exact) mass is 572 g/mol. The number of pyridine rings is 1. The van der Waals surface area contributed by atoms with Crippen LogP contribution in [0, 0.1) is 18.3 Å². The number of amides is 1. The fraction of sp³-hybridized carbons (Fsp3) is 0.621. The highest BCUT2D eigenvalue weighted by molar-refractivity contribution is 8.26. The number of carboxylic acid groups (broad SMARTS) is 1. The van der Waals surface area contributed by atoms with E-state index < -0.39 is 5.97 Å². The van der Waals surface area contributed by atoms with Gasteiger partial charge in [0.1, 0.15) is 21.8 Å². The third kappa shape index (κ3) is 7.95. The number of nitriles is 1. The van der Waals surface area contributed by atoms with E-state index in [0.29, 0.717) is 27.9 Å². The molecule has 0 atom stereocenters. The Labute approximate surface area is 241 Å². The van der Waals surface area contributed by atoms with Gasteiger partial charge in [0.15, 0.2) is 0 Å². The molecule has 2 aliphatic rings. The summed E-state index contributed by atoms with van der Waals surface area (Å²) in [6.45, 7) is 6.60. The second-order valence-electron chi connectivity index (χ2n) is 10.3. The molecule has 10 heteroatoms. The molecule has 1 aromatic heterocycles. The lowest BCUT2D eigenvalue weighted by Gasteiger charge is -2.26. The van der Waals surface area contributed by atoms with Gasteiger partial charge in [-0.15, -0.1) is 0 Å². The summed E-state index contributed by atoms with van der Waals surface area (Å²) in [7, 11) is 0. The lowest BCUT2D eigenvalue weighted by atomic mass is 10.0. The number of thiocarbonyl (C=S) groups is 1. The highest BCUT2D eigenvalue weighted by Gasteiger charge is 2.33. The summed E-state index contributed by atoms with van der Waals surface area (Å²) in [4.78, 5) is 41.6. The maximum Gasteiger partial charge on any atom is 0.303 e. The Hall–Kier alpha value is -2.64. The quantitative estimate of drug-likeness (QED) is 0.159. The van der Waals surface area contributed by atoms with Crippen LogP contribution in [0.1, 0.15) is 101 Å². The molecule has 2 aliphatic heterocycles. The fourth-order valence-electron chi connectivity index (χ4n) is 5.28. The summed E-state index contributed by atoms with van der Waals surface area (Å²) in [6.07, 6.45) is 12.9. The predicted molar refractivity (Wildman–Crippen MR) is 161 cm³/mol. The van der Waals surface area contributed by atoms with Crippen molar-refractivity contribution in [3.8, 4) is 6.07 Å². The molecule has 8 nitrogen and oxygen atoms in total. The molecule has 1 amide bonds. The van der Waals surface area contributed by atoms with E-state index in [2.05, 4.69) is 11.0 Å². The van der Waals surface area contributed by atoms with E-state index in [1.165, 1.54) is 11.8 Å². The maximum absolute atomic E-state index is 13.4. The van der Waals surface area contributed by atoms with Crippen LogP contribution in [-0.4, -0.2) is 50.4 Å². The molecule has 2 fully saturated rings. The molecule has 39 heavy (non-hydrogen) atoms. The number of aromatic nitrogens is 1. The van der Waals surface area contributed by atoms with E-state index in [9.17, 15) is 19.6 Å².